The second kappa shape index (κ2) is 5.32. The molecule has 2 aliphatic rings. The van der Waals surface area contributed by atoms with E-state index in [1.165, 1.54) is 11.1 Å². The molecule has 0 heterocycles. The van der Waals surface area contributed by atoms with Crippen molar-refractivity contribution < 1.29 is 0 Å². The molecule has 0 saturated heterocycles. The zero-order chi connectivity index (χ0) is 16.9. The molecule has 0 N–H and O–H groups in total. The molecule has 0 radical (unpaired) electrons. The maximum absolute atomic E-state index is 2.59. The summed E-state index contributed by atoms with van der Waals surface area (Å²) in [6, 6.07) is 18.1. The SMILES string of the molecule is CC1(C)C=CC=CC1[Si](C)(C)C1c2ccccc2-c2ccccc21. The molecule has 122 valence electrons. The van der Waals surface area contributed by atoms with E-state index in [0.717, 1.165) is 0 Å². The predicted molar refractivity (Wildman–Crippen MR) is 107 cm³/mol. The Labute approximate surface area is 146 Å². The zero-order valence-corrected chi connectivity index (χ0v) is 16.1. The fourth-order valence-corrected chi connectivity index (χ4v) is 10.3. The first-order valence-electron chi connectivity index (χ1n) is 8.97. The van der Waals surface area contributed by atoms with Gasteiger partial charge in [0.15, 0.2) is 0 Å². The third-order valence-electron chi connectivity index (χ3n) is 6.12. The summed E-state index contributed by atoms with van der Waals surface area (Å²) in [5.41, 5.74) is 7.45. The second-order valence-electron chi connectivity index (χ2n) is 8.47. The minimum Gasteiger partial charge on any atom is -0.0832 e. The highest BCUT2D eigenvalue weighted by molar-refractivity contribution is 6.81. The van der Waals surface area contributed by atoms with Gasteiger partial charge in [-0.1, -0.05) is 99.8 Å². The zero-order valence-electron chi connectivity index (χ0n) is 15.1. The highest BCUT2D eigenvalue weighted by Crippen LogP contribution is 2.55. The van der Waals surface area contributed by atoms with Crippen LogP contribution in [0.15, 0.2) is 72.8 Å². The van der Waals surface area contributed by atoms with Gasteiger partial charge in [-0.05, 0) is 33.2 Å². The first kappa shape index (κ1) is 15.7. The monoisotopic (exact) mass is 330 g/mol. The van der Waals surface area contributed by atoms with Crippen molar-refractivity contribution >= 4 is 8.07 Å². The van der Waals surface area contributed by atoms with Crippen LogP contribution >= 0.6 is 0 Å². The molecule has 1 unspecified atom stereocenters. The normalized spacial score (nSPS) is 21.6. The van der Waals surface area contributed by atoms with E-state index >= 15 is 0 Å². The lowest BCUT2D eigenvalue weighted by Crippen LogP contribution is -2.45. The second-order valence-corrected chi connectivity index (χ2v) is 13.3. The Morgan fingerprint density at radius 3 is 1.88 bits per heavy atom. The molecule has 0 aromatic heterocycles. The van der Waals surface area contributed by atoms with Crippen LogP contribution < -0.4 is 0 Å². The van der Waals surface area contributed by atoms with E-state index in [2.05, 4.69) is 99.8 Å². The Hall–Kier alpha value is -1.86. The number of hydrogen-bond acceptors (Lipinski definition) is 0. The summed E-state index contributed by atoms with van der Waals surface area (Å²) in [7, 11) is -1.65. The molecule has 0 amide bonds. The molecule has 4 rings (SSSR count). The summed E-state index contributed by atoms with van der Waals surface area (Å²) in [6.45, 7) is 9.98. The first-order valence-corrected chi connectivity index (χ1v) is 12.1. The lowest BCUT2D eigenvalue weighted by molar-refractivity contribution is 0.469. The van der Waals surface area contributed by atoms with Gasteiger partial charge < -0.3 is 0 Å². The molecule has 24 heavy (non-hydrogen) atoms. The first-order chi connectivity index (χ1) is 11.4. The largest absolute Gasteiger partial charge is 0.0832 e. The molecule has 0 spiro atoms. The predicted octanol–water partition coefficient (Wildman–Crippen LogP) is 6.57. The van der Waals surface area contributed by atoms with E-state index in [4.69, 9.17) is 0 Å². The van der Waals surface area contributed by atoms with E-state index in [-0.39, 0.29) is 5.41 Å². The van der Waals surface area contributed by atoms with Gasteiger partial charge in [0.2, 0.25) is 0 Å². The maximum atomic E-state index is 2.59. The molecular weight excluding hydrogens is 304 g/mol. The number of hydrogen-bond donors (Lipinski definition) is 0. The third-order valence-corrected chi connectivity index (χ3v) is 10.8. The van der Waals surface area contributed by atoms with Crippen molar-refractivity contribution in [2.24, 2.45) is 5.41 Å². The molecule has 1 heteroatoms. The van der Waals surface area contributed by atoms with Crippen LogP contribution in [-0.2, 0) is 0 Å². The summed E-state index contributed by atoms with van der Waals surface area (Å²) < 4.78 is 0. The van der Waals surface area contributed by atoms with Gasteiger partial charge in [0.05, 0.1) is 8.07 Å². The Kier molecular flexibility index (Phi) is 3.47. The van der Waals surface area contributed by atoms with Gasteiger partial charge in [-0.3, -0.25) is 0 Å². The average molecular weight is 331 g/mol. The molecule has 2 aliphatic carbocycles. The summed E-state index contributed by atoms with van der Waals surface area (Å²) in [4.78, 5) is 0. The van der Waals surface area contributed by atoms with Crippen LogP contribution in [0.3, 0.4) is 0 Å². The maximum Gasteiger partial charge on any atom is 0.0682 e. The molecule has 2 aromatic rings. The molecule has 0 aliphatic heterocycles. The topological polar surface area (TPSA) is 0 Å². The van der Waals surface area contributed by atoms with Crippen LogP contribution in [0.2, 0.25) is 18.6 Å². The van der Waals surface area contributed by atoms with Gasteiger partial charge in [0.1, 0.15) is 0 Å². The number of allylic oxidation sites excluding steroid dienone is 4. The fraction of sp³-hybridized carbons (Fsp3) is 0.304. The molecule has 1 atom stereocenters. The molecule has 2 aromatic carbocycles. The number of benzene rings is 2. The van der Waals surface area contributed by atoms with Gasteiger partial charge >= 0.3 is 0 Å². The van der Waals surface area contributed by atoms with Crippen LogP contribution in [0.4, 0.5) is 0 Å². The van der Waals surface area contributed by atoms with E-state index in [1.54, 1.807) is 11.1 Å². The van der Waals surface area contributed by atoms with Crippen molar-refractivity contribution in [2.45, 2.75) is 38.0 Å². The van der Waals surface area contributed by atoms with Gasteiger partial charge in [0.25, 0.3) is 0 Å². The smallest absolute Gasteiger partial charge is 0.0682 e. The van der Waals surface area contributed by atoms with Crippen molar-refractivity contribution in [2.75, 3.05) is 0 Å². The molecule has 0 fully saturated rings. The highest BCUT2D eigenvalue weighted by atomic mass is 28.3. The number of fused-ring (bicyclic) bond motifs is 3. The standard InChI is InChI=1S/C23H26Si/c1-23(2)16-10-9-15-21(23)24(3,4)22-19-13-7-5-11-17(19)18-12-6-8-14-20(18)22/h5-16,21-22H,1-4H3. The van der Waals surface area contributed by atoms with Gasteiger partial charge in [-0.2, -0.15) is 0 Å². The minimum atomic E-state index is -1.65. The van der Waals surface area contributed by atoms with Gasteiger partial charge in [-0.25, -0.2) is 0 Å². The lowest BCUT2D eigenvalue weighted by atomic mass is 9.85. The van der Waals surface area contributed by atoms with Crippen LogP contribution in [0.1, 0.15) is 30.5 Å². The van der Waals surface area contributed by atoms with E-state index in [9.17, 15) is 0 Å². The summed E-state index contributed by atoms with van der Waals surface area (Å²) in [6.07, 6.45) is 9.36. The minimum absolute atomic E-state index is 0.233. The van der Waals surface area contributed by atoms with Crippen molar-refractivity contribution in [3.8, 4) is 11.1 Å². The quantitative estimate of drug-likeness (QED) is 0.546. The summed E-state index contributed by atoms with van der Waals surface area (Å²) >= 11 is 0. The van der Waals surface area contributed by atoms with Crippen molar-refractivity contribution in [3.05, 3.63) is 84.0 Å². The van der Waals surface area contributed by atoms with Crippen LogP contribution in [0, 0.1) is 5.41 Å². The van der Waals surface area contributed by atoms with E-state index < -0.39 is 8.07 Å². The molecular formula is C23H26Si. The van der Waals surface area contributed by atoms with Gasteiger partial charge in [0, 0.05) is 5.54 Å². The molecule has 0 saturated carbocycles. The molecule has 0 bridgehead atoms. The van der Waals surface area contributed by atoms with Gasteiger partial charge in [-0.15, -0.1) is 0 Å². The van der Waals surface area contributed by atoms with Crippen molar-refractivity contribution in [1.82, 2.24) is 0 Å². The lowest BCUT2D eigenvalue weighted by Gasteiger charge is -2.45. The summed E-state index contributed by atoms with van der Waals surface area (Å²) in [5, 5.41) is 0. The Bertz CT molecular complexity index is 793. The van der Waals surface area contributed by atoms with Crippen LogP contribution in [0.5, 0.6) is 0 Å². The highest BCUT2D eigenvalue weighted by Gasteiger charge is 2.48. The Morgan fingerprint density at radius 1 is 0.792 bits per heavy atom. The van der Waals surface area contributed by atoms with Crippen molar-refractivity contribution in [3.63, 3.8) is 0 Å². The number of rotatable bonds is 2. The third kappa shape index (κ3) is 2.18. The Balaban J connectivity index is 1.90. The fourth-order valence-electron chi connectivity index (χ4n) is 5.17. The van der Waals surface area contributed by atoms with E-state index in [1.807, 2.05) is 0 Å². The average Bonchev–Trinajstić information content (AvgIpc) is 2.89. The van der Waals surface area contributed by atoms with Crippen LogP contribution in [0.25, 0.3) is 11.1 Å². The van der Waals surface area contributed by atoms with Crippen LogP contribution in [-0.4, -0.2) is 8.07 Å². The molecule has 0 nitrogen and oxygen atoms in total. The summed E-state index contributed by atoms with van der Waals surface area (Å²) in [5.74, 6) is 0. The van der Waals surface area contributed by atoms with Crippen molar-refractivity contribution in [1.29, 1.82) is 0 Å². The van der Waals surface area contributed by atoms with E-state index in [0.29, 0.717) is 11.1 Å². The Morgan fingerprint density at radius 2 is 1.33 bits per heavy atom.